The van der Waals surface area contributed by atoms with Gasteiger partial charge >= 0.3 is 0 Å². The number of hydrogen-bond acceptors (Lipinski definition) is 2. The van der Waals surface area contributed by atoms with Crippen LogP contribution >= 0.6 is 11.3 Å². The van der Waals surface area contributed by atoms with Crippen LogP contribution in [0.2, 0.25) is 0 Å². The average molecular weight is 153 g/mol. The summed E-state index contributed by atoms with van der Waals surface area (Å²) in [6.45, 7) is 0. The molecule has 0 saturated heterocycles. The Kier molecular flexibility index (Phi) is 1.51. The van der Waals surface area contributed by atoms with Gasteiger partial charge < -0.3 is 5.73 Å². The van der Waals surface area contributed by atoms with Gasteiger partial charge in [-0.25, -0.2) is 0 Å². The quantitative estimate of drug-likeness (QED) is 0.606. The smallest absolute Gasteiger partial charge is 0.0306 e. The summed E-state index contributed by atoms with van der Waals surface area (Å²) >= 11 is 1.85. The molecule has 0 radical (unpaired) electrons. The van der Waals surface area contributed by atoms with E-state index in [4.69, 9.17) is 5.73 Å². The van der Waals surface area contributed by atoms with Crippen LogP contribution in [0.3, 0.4) is 0 Å². The van der Waals surface area contributed by atoms with E-state index in [2.05, 4.69) is 11.4 Å². The summed E-state index contributed by atoms with van der Waals surface area (Å²) in [5, 5.41) is 2.15. The Bertz CT molecular complexity index is 229. The number of hydrogen-bond donors (Lipinski definition) is 1. The first-order valence-electron chi connectivity index (χ1n) is 3.70. The molecule has 2 heteroatoms. The van der Waals surface area contributed by atoms with E-state index in [9.17, 15) is 0 Å². The van der Waals surface area contributed by atoms with E-state index < -0.39 is 0 Å². The third-order valence-electron chi connectivity index (χ3n) is 2.10. The maximum Gasteiger partial charge on any atom is 0.0306 e. The van der Waals surface area contributed by atoms with Gasteiger partial charge in [0.15, 0.2) is 0 Å². The van der Waals surface area contributed by atoms with Crippen molar-refractivity contribution in [3.8, 4) is 0 Å². The topological polar surface area (TPSA) is 26.0 Å². The Balaban J connectivity index is 2.41. The fraction of sp³-hybridized carbons (Fsp3) is 0.500. The first-order chi connectivity index (χ1) is 4.88. The van der Waals surface area contributed by atoms with E-state index in [1.165, 1.54) is 29.7 Å². The predicted octanol–water partition coefficient (Wildman–Crippen LogP) is 2.08. The zero-order chi connectivity index (χ0) is 6.97. The van der Waals surface area contributed by atoms with Gasteiger partial charge in [0.1, 0.15) is 0 Å². The zero-order valence-electron chi connectivity index (χ0n) is 5.84. The van der Waals surface area contributed by atoms with E-state index in [0.29, 0.717) is 6.04 Å². The van der Waals surface area contributed by atoms with E-state index >= 15 is 0 Å². The van der Waals surface area contributed by atoms with E-state index in [1.807, 2.05) is 11.3 Å². The summed E-state index contributed by atoms with van der Waals surface area (Å²) < 4.78 is 0. The Morgan fingerprint density at radius 1 is 1.60 bits per heavy atom. The summed E-state index contributed by atoms with van der Waals surface area (Å²) in [6.07, 6.45) is 3.69. The molecule has 1 unspecified atom stereocenters. The van der Waals surface area contributed by atoms with Crippen molar-refractivity contribution in [3.05, 3.63) is 21.9 Å². The molecule has 10 heavy (non-hydrogen) atoms. The highest BCUT2D eigenvalue weighted by atomic mass is 32.1. The fourth-order valence-corrected chi connectivity index (χ4v) is 2.52. The minimum atomic E-state index is 0.329. The average Bonchev–Trinajstić information content (AvgIpc) is 2.36. The normalized spacial score (nSPS) is 24.3. The molecule has 2 rings (SSSR count). The molecule has 0 aliphatic heterocycles. The van der Waals surface area contributed by atoms with Gasteiger partial charge in [0, 0.05) is 10.9 Å². The van der Waals surface area contributed by atoms with Gasteiger partial charge in [0.2, 0.25) is 0 Å². The SMILES string of the molecule is NC1CCCc2sccc21. The minimum absolute atomic E-state index is 0.329. The van der Waals surface area contributed by atoms with Crippen molar-refractivity contribution in [2.45, 2.75) is 25.3 Å². The predicted molar refractivity (Wildman–Crippen MR) is 44.2 cm³/mol. The molecule has 0 bridgehead atoms. The fourth-order valence-electron chi connectivity index (χ4n) is 1.52. The molecule has 1 aromatic rings. The standard InChI is InChI=1S/C8H11NS/c9-7-2-1-3-8-6(7)4-5-10-8/h4-5,7H,1-3,9H2. The summed E-state index contributed by atoms with van der Waals surface area (Å²) in [7, 11) is 0. The maximum absolute atomic E-state index is 5.90. The number of rotatable bonds is 0. The number of fused-ring (bicyclic) bond motifs is 1. The molecule has 1 atom stereocenters. The molecule has 0 spiro atoms. The molecular weight excluding hydrogens is 142 g/mol. The highest BCUT2D eigenvalue weighted by molar-refractivity contribution is 7.10. The summed E-state index contributed by atoms with van der Waals surface area (Å²) in [6, 6.07) is 2.50. The van der Waals surface area contributed by atoms with Crippen LogP contribution in [0.5, 0.6) is 0 Å². The lowest BCUT2D eigenvalue weighted by Crippen LogP contribution is -2.14. The maximum atomic E-state index is 5.90. The Hall–Kier alpha value is -0.340. The molecule has 1 heterocycles. The Labute approximate surface area is 64.9 Å². The molecular formula is C8H11NS. The van der Waals surface area contributed by atoms with Gasteiger partial charge in [-0.3, -0.25) is 0 Å². The molecule has 1 aliphatic rings. The van der Waals surface area contributed by atoms with E-state index in [0.717, 1.165) is 0 Å². The van der Waals surface area contributed by atoms with Gasteiger partial charge in [0.25, 0.3) is 0 Å². The van der Waals surface area contributed by atoms with E-state index in [1.54, 1.807) is 0 Å². The third-order valence-corrected chi connectivity index (χ3v) is 3.09. The van der Waals surface area contributed by atoms with Crippen molar-refractivity contribution >= 4 is 11.3 Å². The van der Waals surface area contributed by atoms with Crippen LogP contribution in [0, 0.1) is 0 Å². The molecule has 0 saturated carbocycles. The van der Waals surface area contributed by atoms with Crippen LogP contribution < -0.4 is 5.73 Å². The van der Waals surface area contributed by atoms with Gasteiger partial charge in [-0.15, -0.1) is 11.3 Å². The molecule has 2 N–H and O–H groups in total. The number of aryl methyl sites for hydroxylation is 1. The lowest BCUT2D eigenvalue weighted by atomic mass is 9.95. The van der Waals surface area contributed by atoms with Crippen LogP contribution in [0.25, 0.3) is 0 Å². The van der Waals surface area contributed by atoms with Crippen LogP contribution in [-0.4, -0.2) is 0 Å². The second-order valence-electron chi connectivity index (χ2n) is 2.80. The third kappa shape index (κ3) is 0.879. The van der Waals surface area contributed by atoms with Crippen molar-refractivity contribution in [1.82, 2.24) is 0 Å². The van der Waals surface area contributed by atoms with Crippen molar-refractivity contribution in [3.63, 3.8) is 0 Å². The van der Waals surface area contributed by atoms with Crippen molar-refractivity contribution in [2.75, 3.05) is 0 Å². The summed E-state index contributed by atoms with van der Waals surface area (Å²) in [4.78, 5) is 1.51. The van der Waals surface area contributed by atoms with Gasteiger partial charge in [-0.2, -0.15) is 0 Å². The summed E-state index contributed by atoms with van der Waals surface area (Å²) in [5.41, 5.74) is 7.30. The zero-order valence-corrected chi connectivity index (χ0v) is 6.66. The van der Waals surface area contributed by atoms with Crippen LogP contribution in [0.4, 0.5) is 0 Å². The highest BCUT2D eigenvalue weighted by Gasteiger charge is 2.16. The van der Waals surface area contributed by atoms with Crippen molar-refractivity contribution in [1.29, 1.82) is 0 Å². The largest absolute Gasteiger partial charge is 0.324 e. The molecule has 1 aliphatic carbocycles. The van der Waals surface area contributed by atoms with Crippen LogP contribution in [-0.2, 0) is 6.42 Å². The van der Waals surface area contributed by atoms with E-state index in [-0.39, 0.29) is 0 Å². The van der Waals surface area contributed by atoms with Crippen LogP contribution in [0.15, 0.2) is 11.4 Å². The lowest BCUT2D eigenvalue weighted by Gasteiger charge is -2.17. The Morgan fingerprint density at radius 3 is 3.30 bits per heavy atom. The molecule has 1 aromatic heterocycles. The van der Waals surface area contributed by atoms with Crippen molar-refractivity contribution in [2.24, 2.45) is 5.73 Å². The van der Waals surface area contributed by atoms with Gasteiger partial charge in [-0.05, 0) is 36.3 Å². The monoisotopic (exact) mass is 153 g/mol. The van der Waals surface area contributed by atoms with Crippen LogP contribution in [0.1, 0.15) is 29.3 Å². The van der Waals surface area contributed by atoms with Gasteiger partial charge in [-0.1, -0.05) is 0 Å². The highest BCUT2D eigenvalue weighted by Crippen LogP contribution is 2.31. The molecule has 0 fully saturated rings. The van der Waals surface area contributed by atoms with Crippen molar-refractivity contribution < 1.29 is 0 Å². The first kappa shape index (κ1) is 6.38. The molecule has 0 amide bonds. The second kappa shape index (κ2) is 2.36. The Morgan fingerprint density at radius 2 is 2.50 bits per heavy atom. The minimum Gasteiger partial charge on any atom is -0.324 e. The molecule has 54 valence electrons. The molecule has 1 nitrogen and oxygen atoms in total. The molecule has 0 aromatic carbocycles. The number of nitrogens with two attached hydrogens (primary N) is 1. The second-order valence-corrected chi connectivity index (χ2v) is 3.80. The summed E-state index contributed by atoms with van der Waals surface area (Å²) in [5.74, 6) is 0. The number of thiophene rings is 1. The van der Waals surface area contributed by atoms with Gasteiger partial charge in [0.05, 0.1) is 0 Å². The lowest BCUT2D eigenvalue weighted by molar-refractivity contribution is 0.578. The first-order valence-corrected chi connectivity index (χ1v) is 4.58.